The first-order valence-corrected chi connectivity index (χ1v) is 10.4. The van der Waals surface area contributed by atoms with Gasteiger partial charge >= 0.3 is 12.2 Å². The number of aromatic nitrogens is 3. The number of nitrogens with zero attached hydrogens (tertiary/aromatic N) is 3. The van der Waals surface area contributed by atoms with E-state index in [9.17, 15) is 22.8 Å². The van der Waals surface area contributed by atoms with Gasteiger partial charge < -0.3 is 19.6 Å². The smallest absolute Gasteiger partial charge is 0.403 e. The Kier molecular flexibility index (Phi) is 5.52. The Bertz CT molecular complexity index is 1000. The maximum Gasteiger partial charge on any atom is 0.431 e. The number of hydrogen-bond donors (Lipinski definition) is 2. The molecule has 11 heteroatoms. The van der Waals surface area contributed by atoms with Gasteiger partial charge in [-0.1, -0.05) is 17.9 Å². The summed E-state index contributed by atoms with van der Waals surface area (Å²) in [7, 11) is 0. The second kappa shape index (κ2) is 8.01. The van der Waals surface area contributed by atoms with Gasteiger partial charge in [-0.15, -0.1) is 5.10 Å². The number of carbonyl (C=O) groups is 1. The summed E-state index contributed by atoms with van der Waals surface area (Å²) >= 11 is 0. The number of nitrogens with one attached hydrogen (secondary N) is 2. The second-order valence-electron chi connectivity index (χ2n) is 8.42. The first-order valence-electron chi connectivity index (χ1n) is 10.4. The molecule has 8 nitrogen and oxygen atoms in total. The number of anilines is 1. The summed E-state index contributed by atoms with van der Waals surface area (Å²) in [5.74, 6) is -0.321. The third-order valence-electron chi connectivity index (χ3n) is 6.38. The van der Waals surface area contributed by atoms with Crippen molar-refractivity contribution in [2.24, 2.45) is 5.41 Å². The molecule has 2 aliphatic rings. The molecule has 31 heavy (non-hydrogen) atoms. The summed E-state index contributed by atoms with van der Waals surface area (Å²) in [5, 5.41) is 10.3. The van der Waals surface area contributed by atoms with Gasteiger partial charge in [0.05, 0.1) is 0 Å². The zero-order valence-corrected chi connectivity index (χ0v) is 17.1. The van der Waals surface area contributed by atoms with Gasteiger partial charge in [0, 0.05) is 13.1 Å². The van der Waals surface area contributed by atoms with Crippen LogP contribution in [0.25, 0.3) is 11.5 Å². The van der Waals surface area contributed by atoms with E-state index in [0.29, 0.717) is 5.41 Å². The Morgan fingerprint density at radius 3 is 2.48 bits per heavy atom. The quantitative estimate of drug-likeness (QED) is 0.757. The molecule has 1 amide bonds. The van der Waals surface area contributed by atoms with Crippen LogP contribution in [0.3, 0.4) is 0 Å². The number of H-pyrrole nitrogens is 1. The van der Waals surface area contributed by atoms with Crippen LogP contribution in [-0.2, 0) is 11.0 Å². The van der Waals surface area contributed by atoms with E-state index in [0.717, 1.165) is 38.1 Å². The lowest BCUT2D eigenvalue weighted by Gasteiger charge is -2.40. The van der Waals surface area contributed by atoms with Gasteiger partial charge in [-0.05, 0) is 50.2 Å². The van der Waals surface area contributed by atoms with E-state index in [4.69, 9.17) is 4.42 Å². The van der Waals surface area contributed by atoms with Crippen LogP contribution in [0.15, 0.2) is 21.3 Å². The summed E-state index contributed by atoms with van der Waals surface area (Å²) in [6.07, 6.45) is 2.41. The molecule has 2 aromatic heterocycles. The van der Waals surface area contributed by atoms with Crippen molar-refractivity contribution in [1.29, 1.82) is 0 Å². The van der Waals surface area contributed by atoms with Crippen molar-refractivity contribution in [3.8, 4) is 11.5 Å². The van der Waals surface area contributed by atoms with Gasteiger partial charge in [0.1, 0.15) is 17.3 Å². The number of amides is 1. The summed E-state index contributed by atoms with van der Waals surface area (Å²) in [6.45, 7) is 3.12. The number of likely N-dealkylation sites (tertiary alicyclic amines) is 1. The molecule has 1 saturated heterocycles. The first-order chi connectivity index (χ1) is 14.7. The Labute approximate surface area is 176 Å². The van der Waals surface area contributed by atoms with E-state index in [1.807, 2.05) is 4.90 Å². The van der Waals surface area contributed by atoms with Crippen LogP contribution in [0, 0.1) is 5.41 Å². The van der Waals surface area contributed by atoms with Gasteiger partial charge in [0.2, 0.25) is 5.91 Å². The van der Waals surface area contributed by atoms with Crippen molar-refractivity contribution >= 4 is 11.9 Å². The highest BCUT2D eigenvalue weighted by atomic mass is 19.4. The normalized spacial score (nSPS) is 19.5. The first kappa shape index (κ1) is 21.4. The van der Waals surface area contributed by atoms with Crippen molar-refractivity contribution in [3.05, 3.63) is 28.2 Å². The molecular weight excluding hydrogens is 415 g/mol. The summed E-state index contributed by atoms with van der Waals surface area (Å²) in [5.41, 5.74) is -1.95. The zero-order valence-electron chi connectivity index (χ0n) is 17.1. The average Bonchev–Trinajstić information content (AvgIpc) is 3.37. The van der Waals surface area contributed by atoms with Crippen LogP contribution < -0.4 is 10.9 Å². The largest absolute Gasteiger partial charge is 0.431 e. The van der Waals surface area contributed by atoms with E-state index < -0.39 is 23.5 Å². The molecule has 1 spiro atoms. The van der Waals surface area contributed by atoms with Crippen LogP contribution in [0.5, 0.6) is 0 Å². The molecule has 2 fully saturated rings. The van der Waals surface area contributed by atoms with E-state index in [-0.39, 0.29) is 23.4 Å². The zero-order chi connectivity index (χ0) is 22.2. The van der Waals surface area contributed by atoms with E-state index in [1.165, 1.54) is 25.7 Å². The lowest BCUT2D eigenvalue weighted by Crippen LogP contribution is -2.47. The van der Waals surface area contributed by atoms with Crippen LogP contribution >= 0.6 is 0 Å². The molecule has 1 aliphatic carbocycles. The molecule has 1 atom stereocenters. The molecule has 0 bridgehead atoms. The molecular formula is C20H24F3N5O3. The minimum Gasteiger partial charge on any atom is -0.403 e. The second-order valence-corrected chi connectivity index (χ2v) is 8.42. The summed E-state index contributed by atoms with van der Waals surface area (Å²) in [4.78, 5) is 28.3. The number of alkyl halides is 3. The Balaban J connectivity index is 1.38. The number of rotatable bonds is 4. The highest BCUT2D eigenvalue weighted by Crippen LogP contribution is 2.46. The minimum atomic E-state index is -4.67. The number of hydrogen-bond acceptors (Lipinski definition) is 6. The minimum absolute atomic E-state index is 0.0834. The van der Waals surface area contributed by atoms with Crippen molar-refractivity contribution in [3.63, 3.8) is 0 Å². The third kappa shape index (κ3) is 4.45. The Morgan fingerprint density at radius 1 is 1.19 bits per heavy atom. The fraction of sp³-hybridized carbons (Fsp3) is 0.600. The average molecular weight is 439 g/mol. The van der Waals surface area contributed by atoms with E-state index in [2.05, 4.69) is 15.5 Å². The van der Waals surface area contributed by atoms with Crippen LogP contribution in [0.4, 0.5) is 19.2 Å². The van der Waals surface area contributed by atoms with Crippen LogP contribution in [0.1, 0.15) is 51.1 Å². The molecule has 1 aliphatic heterocycles. The molecule has 0 aromatic carbocycles. The number of pyridine rings is 1. The molecule has 2 N–H and O–H groups in total. The number of piperidine rings is 1. The third-order valence-corrected chi connectivity index (χ3v) is 6.38. The van der Waals surface area contributed by atoms with Gasteiger partial charge in [-0.3, -0.25) is 9.59 Å². The van der Waals surface area contributed by atoms with Crippen LogP contribution in [0.2, 0.25) is 0 Å². The maximum absolute atomic E-state index is 12.8. The van der Waals surface area contributed by atoms with Gasteiger partial charge in [0.15, 0.2) is 0 Å². The van der Waals surface area contributed by atoms with Crippen molar-refractivity contribution < 1.29 is 22.4 Å². The monoisotopic (exact) mass is 439 g/mol. The van der Waals surface area contributed by atoms with E-state index >= 15 is 0 Å². The Hall–Kier alpha value is -2.85. The number of aromatic amines is 1. The summed E-state index contributed by atoms with van der Waals surface area (Å²) < 4.78 is 43.4. The Morgan fingerprint density at radius 2 is 1.87 bits per heavy atom. The molecule has 168 valence electrons. The van der Waals surface area contributed by atoms with Gasteiger partial charge in [-0.2, -0.15) is 13.2 Å². The van der Waals surface area contributed by atoms with Crippen molar-refractivity contribution in [1.82, 2.24) is 20.1 Å². The van der Waals surface area contributed by atoms with Crippen LogP contribution in [-0.4, -0.2) is 45.1 Å². The molecule has 3 heterocycles. The molecule has 4 rings (SSSR count). The van der Waals surface area contributed by atoms with E-state index in [1.54, 1.807) is 11.9 Å². The molecule has 2 aromatic rings. The molecule has 0 unspecified atom stereocenters. The van der Waals surface area contributed by atoms with Gasteiger partial charge in [-0.25, -0.2) is 0 Å². The highest BCUT2D eigenvalue weighted by molar-refractivity contribution is 5.83. The fourth-order valence-corrected chi connectivity index (χ4v) is 4.55. The SMILES string of the molecule is C[C@H](Nc1nnc(-c2ccc(C(F)(F)F)[nH]c2=O)o1)C(=O)N1CCC2(CCCC2)CC1. The van der Waals surface area contributed by atoms with Crippen molar-refractivity contribution in [2.75, 3.05) is 18.4 Å². The number of carbonyl (C=O) groups excluding carboxylic acids is 1. The van der Waals surface area contributed by atoms with Crippen molar-refractivity contribution in [2.45, 2.75) is 57.7 Å². The molecule has 0 radical (unpaired) electrons. The predicted molar refractivity (Wildman–Crippen MR) is 105 cm³/mol. The maximum atomic E-state index is 12.8. The summed E-state index contributed by atoms with van der Waals surface area (Å²) in [6, 6.07) is 0.990. The molecule has 1 saturated carbocycles. The number of halogens is 3. The standard InChI is InChI=1S/C20H24F3N5O3/c1-12(17(30)28-10-8-19(9-11-28)6-2-3-7-19)24-18-27-26-16(31-18)13-4-5-14(20(21,22)23)25-15(13)29/h4-5,12H,2-3,6-11H2,1H3,(H,24,27)(H,25,29)/t12-/m0/s1. The predicted octanol–water partition coefficient (Wildman–Crippen LogP) is 3.43. The van der Waals surface area contributed by atoms with Gasteiger partial charge in [0.25, 0.3) is 11.4 Å². The lowest BCUT2D eigenvalue weighted by atomic mass is 9.77. The highest BCUT2D eigenvalue weighted by Gasteiger charge is 2.38. The lowest BCUT2D eigenvalue weighted by molar-refractivity contribution is -0.141. The topological polar surface area (TPSA) is 104 Å². The fourth-order valence-electron chi connectivity index (χ4n) is 4.55.